The Hall–Kier alpha value is -0.850. The first-order valence-electron chi connectivity index (χ1n) is 7.79. The molecule has 1 N–H and O–H groups in total. The quantitative estimate of drug-likeness (QED) is 0.801. The van der Waals surface area contributed by atoms with Gasteiger partial charge in [0.05, 0.1) is 6.54 Å². The van der Waals surface area contributed by atoms with E-state index in [2.05, 4.69) is 5.32 Å². The van der Waals surface area contributed by atoms with Gasteiger partial charge in [0.2, 0.25) is 10.0 Å². The summed E-state index contributed by atoms with van der Waals surface area (Å²) in [5.41, 5.74) is 0. The zero-order valence-corrected chi connectivity index (χ0v) is 14.0. The fourth-order valence-corrected chi connectivity index (χ4v) is 4.33. The first kappa shape index (κ1) is 16.5. The molecule has 0 amide bonds. The molecule has 0 spiro atoms. The summed E-state index contributed by atoms with van der Waals surface area (Å²) in [6.07, 6.45) is 3.50. The third-order valence-electron chi connectivity index (χ3n) is 4.13. The van der Waals surface area contributed by atoms with Gasteiger partial charge >= 0.3 is 0 Å². The summed E-state index contributed by atoms with van der Waals surface area (Å²) < 4.78 is 32.7. The molecule has 0 bridgehead atoms. The van der Waals surface area contributed by atoms with Crippen molar-refractivity contribution in [1.82, 2.24) is 9.62 Å². The highest BCUT2D eigenvalue weighted by Gasteiger charge is 2.31. The molecule has 1 aromatic heterocycles. The first-order valence-corrected chi connectivity index (χ1v) is 9.23. The Morgan fingerprint density at radius 2 is 2.10 bits per heavy atom. The largest absolute Gasteiger partial charge is 0.464 e. The molecule has 1 aliphatic carbocycles. The maximum absolute atomic E-state index is 12.8. The summed E-state index contributed by atoms with van der Waals surface area (Å²) in [4.78, 5) is 0.316. The fraction of sp³-hybridized carbons (Fsp3) is 0.733. The van der Waals surface area contributed by atoms with Crippen LogP contribution in [0.4, 0.5) is 0 Å². The van der Waals surface area contributed by atoms with Gasteiger partial charge in [-0.2, -0.15) is 4.31 Å². The van der Waals surface area contributed by atoms with E-state index >= 15 is 0 Å². The zero-order chi connectivity index (χ0) is 15.5. The molecular formula is C15H26N2O3S. The third-order valence-corrected chi connectivity index (χ3v) is 6.18. The minimum absolute atomic E-state index is 0.316. The summed E-state index contributed by atoms with van der Waals surface area (Å²) in [6, 6.07) is 1.66. The minimum Gasteiger partial charge on any atom is -0.464 e. The predicted octanol–water partition coefficient (Wildman–Crippen LogP) is 2.51. The van der Waals surface area contributed by atoms with Crippen LogP contribution in [0.3, 0.4) is 0 Å². The molecule has 1 saturated carbocycles. The third kappa shape index (κ3) is 3.67. The van der Waals surface area contributed by atoms with Gasteiger partial charge in [-0.15, -0.1) is 0 Å². The molecule has 21 heavy (non-hydrogen) atoms. The Balaban J connectivity index is 2.18. The molecule has 6 heteroatoms. The monoisotopic (exact) mass is 314 g/mol. The Morgan fingerprint density at radius 1 is 1.38 bits per heavy atom. The van der Waals surface area contributed by atoms with Gasteiger partial charge in [-0.05, 0) is 32.2 Å². The van der Waals surface area contributed by atoms with E-state index < -0.39 is 10.0 Å². The van der Waals surface area contributed by atoms with Crippen molar-refractivity contribution in [1.29, 1.82) is 0 Å². The lowest BCUT2D eigenvalue weighted by Gasteiger charge is -2.31. The van der Waals surface area contributed by atoms with E-state index in [0.29, 0.717) is 42.0 Å². The maximum Gasteiger partial charge on any atom is 0.246 e. The van der Waals surface area contributed by atoms with Crippen molar-refractivity contribution in [3.8, 4) is 0 Å². The molecule has 0 aromatic carbocycles. The van der Waals surface area contributed by atoms with Crippen LogP contribution in [0.1, 0.15) is 44.6 Å². The van der Waals surface area contributed by atoms with Crippen molar-refractivity contribution in [2.45, 2.75) is 51.5 Å². The number of aryl methyl sites for hydroxylation is 1. The maximum atomic E-state index is 12.8. The number of nitrogens with zero attached hydrogens (tertiary/aromatic N) is 1. The Kier molecular flexibility index (Phi) is 5.46. The number of sulfonamides is 1. The SMILES string of the molecule is CCNCc1cc(S(=O)(=O)N(CC)CC2CCC2)c(C)o1. The second-order valence-electron chi connectivity index (χ2n) is 5.67. The molecule has 120 valence electrons. The summed E-state index contributed by atoms with van der Waals surface area (Å²) in [5.74, 6) is 1.68. The van der Waals surface area contributed by atoms with Crippen LogP contribution in [0, 0.1) is 12.8 Å². The van der Waals surface area contributed by atoms with E-state index in [1.807, 2.05) is 13.8 Å². The Morgan fingerprint density at radius 3 is 2.62 bits per heavy atom. The van der Waals surface area contributed by atoms with E-state index in [0.717, 1.165) is 19.4 Å². The van der Waals surface area contributed by atoms with Crippen molar-refractivity contribution < 1.29 is 12.8 Å². The average Bonchev–Trinajstić information content (AvgIpc) is 2.77. The van der Waals surface area contributed by atoms with Gasteiger partial charge in [0.15, 0.2) is 0 Å². The van der Waals surface area contributed by atoms with E-state index in [-0.39, 0.29) is 0 Å². The summed E-state index contributed by atoms with van der Waals surface area (Å²) in [7, 11) is -3.45. The van der Waals surface area contributed by atoms with Crippen LogP contribution >= 0.6 is 0 Å². The normalized spacial score (nSPS) is 16.4. The highest BCUT2D eigenvalue weighted by atomic mass is 32.2. The van der Waals surface area contributed by atoms with Gasteiger partial charge < -0.3 is 9.73 Å². The average molecular weight is 314 g/mol. The van der Waals surface area contributed by atoms with Crippen LogP contribution in [0.25, 0.3) is 0 Å². The van der Waals surface area contributed by atoms with Crippen LogP contribution in [0.2, 0.25) is 0 Å². The van der Waals surface area contributed by atoms with Gasteiger partial charge in [0.25, 0.3) is 0 Å². The predicted molar refractivity (Wildman–Crippen MR) is 82.6 cm³/mol. The van der Waals surface area contributed by atoms with Crippen LogP contribution in [-0.4, -0.2) is 32.4 Å². The topological polar surface area (TPSA) is 62.6 Å². The van der Waals surface area contributed by atoms with Crippen molar-refractivity contribution in [3.05, 3.63) is 17.6 Å². The lowest BCUT2D eigenvalue weighted by atomic mass is 9.85. The fourth-order valence-electron chi connectivity index (χ4n) is 2.62. The zero-order valence-electron chi connectivity index (χ0n) is 13.2. The van der Waals surface area contributed by atoms with Gasteiger partial charge in [-0.1, -0.05) is 20.3 Å². The molecule has 1 aromatic rings. The number of hydrogen-bond donors (Lipinski definition) is 1. The molecule has 0 atom stereocenters. The summed E-state index contributed by atoms with van der Waals surface area (Å²) in [6.45, 7) is 8.14. The van der Waals surface area contributed by atoms with Crippen molar-refractivity contribution in [3.63, 3.8) is 0 Å². The van der Waals surface area contributed by atoms with Gasteiger partial charge in [-0.25, -0.2) is 8.42 Å². The smallest absolute Gasteiger partial charge is 0.246 e. The molecule has 5 nitrogen and oxygen atoms in total. The number of furan rings is 1. The van der Waals surface area contributed by atoms with E-state index in [1.165, 1.54) is 6.42 Å². The molecular weight excluding hydrogens is 288 g/mol. The molecule has 0 radical (unpaired) electrons. The van der Waals surface area contributed by atoms with Crippen LogP contribution in [0.5, 0.6) is 0 Å². The number of rotatable bonds is 8. The van der Waals surface area contributed by atoms with Crippen LogP contribution in [-0.2, 0) is 16.6 Å². The number of hydrogen-bond acceptors (Lipinski definition) is 4. The highest BCUT2D eigenvalue weighted by molar-refractivity contribution is 7.89. The molecule has 1 heterocycles. The van der Waals surface area contributed by atoms with E-state index in [1.54, 1.807) is 17.3 Å². The Bertz CT molecular complexity index is 561. The Labute approximate surface area is 127 Å². The van der Waals surface area contributed by atoms with E-state index in [4.69, 9.17) is 4.42 Å². The molecule has 1 fully saturated rings. The summed E-state index contributed by atoms with van der Waals surface area (Å²) >= 11 is 0. The van der Waals surface area contributed by atoms with Crippen molar-refractivity contribution >= 4 is 10.0 Å². The molecule has 2 rings (SSSR count). The molecule has 0 aliphatic heterocycles. The number of nitrogens with one attached hydrogen (secondary N) is 1. The second-order valence-corrected chi connectivity index (χ2v) is 7.57. The van der Waals surface area contributed by atoms with Crippen LogP contribution < -0.4 is 5.32 Å². The first-order chi connectivity index (χ1) is 9.98. The van der Waals surface area contributed by atoms with Gasteiger partial charge in [-0.3, -0.25) is 0 Å². The standard InChI is InChI=1S/C15H26N2O3S/c1-4-16-10-14-9-15(12(3)20-14)21(18,19)17(5-2)11-13-7-6-8-13/h9,13,16H,4-8,10-11H2,1-3H3. The molecule has 1 aliphatic rings. The molecule has 0 unspecified atom stereocenters. The van der Waals surface area contributed by atoms with Gasteiger partial charge in [0.1, 0.15) is 16.4 Å². The van der Waals surface area contributed by atoms with E-state index in [9.17, 15) is 8.42 Å². The second kappa shape index (κ2) is 6.94. The summed E-state index contributed by atoms with van der Waals surface area (Å²) in [5, 5.41) is 3.15. The lowest BCUT2D eigenvalue weighted by Crippen LogP contribution is -2.37. The molecule has 0 saturated heterocycles. The minimum atomic E-state index is -3.45. The van der Waals surface area contributed by atoms with Gasteiger partial charge in [0, 0.05) is 19.2 Å². The van der Waals surface area contributed by atoms with Crippen molar-refractivity contribution in [2.24, 2.45) is 5.92 Å². The highest BCUT2D eigenvalue weighted by Crippen LogP contribution is 2.30. The lowest BCUT2D eigenvalue weighted by molar-refractivity contribution is 0.249. The van der Waals surface area contributed by atoms with Crippen molar-refractivity contribution in [2.75, 3.05) is 19.6 Å². The van der Waals surface area contributed by atoms with Crippen LogP contribution in [0.15, 0.2) is 15.4 Å².